The lowest BCUT2D eigenvalue weighted by Gasteiger charge is -2.07. The lowest BCUT2D eigenvalue weighted by atomic mass is 10.1. The molecule has 4 nitrogen and oxygen atoms in total. The number of aryl methyl sites for hydroxylation is 2. The quantitative estimate of drug-likeness (QED) is 0.884. The zero-order valence-corrected chi connectivity index (χ0v) is 11.2. The van der Waals surface area contributed by atoms with Crippen LogP contribution in [-0.4, -0.2) is 5.91 Å². The number of furan rings is 1. The van der Waals surface area contributed by atoms with Crippen molar-refractivity contribution < 1.29 is 9.21 Å². The van der Waals surface area contributed by atoms with Gasteiger partial charge in [0.25, 0.3) is 5.91 Å². The van der Waals surface area contributed by atoms with Crippen LogP contribution in [0.2, 0.25) is 0 Å². The van der Waals surface area contributed by atoms with Crippen LogP contribution in [0.25, 0.3) is 0 Å². The number of nitrogens with two attached hydrogens (primary N) is 1. The highest BCUT2D eigenvalue weighted by Gasteiger charge is 2.09. The second-order valence-electron chi connectivity index (χ2n) is 4.62. The van der Waals surface area contributed by atoms with E-state index >= 15 is 0 Å². The average molecular weight is 258 g/mol. The van der Waals surface area contributed by atoms with Gasteiger partial charge < -0.3 is 15.5 Å². The first kappa shape index (κ1) is 13.4. The van der Waals surface area contributed by atoms with Gasteiger partial charge in [-0.2, -0.15) is 0 Å². The van der Waals surface area contributed by atoms with Gasteiger partial charge >= 0.3 is 0 Å². The fourth-order valence-corrected chi connectivity index (χ4v) is 1.93. The molecule has 0 atom stereocenters. The third kappa shape index (κ3) is 3.23. The summed E-state index contributed by atoms with van der Waals surface area (Å²) in [5.74, 6) is 0.458. The third-order valence-electron chi connectivity index (χ3n) is 3.05. The standard InChI is InChI=1S/C15H18N2O2/c1-10-3-4-12(11(2)5-10)8-17-15(18)13-6-14(7-16)19-9-13/h3-6,9H,7-8,16H2,1-2H3,(H,17,18). The summed E-state index contributed by atoms with van der Waals surface area (Å²) >= 11 is 0. The fraction of sp³-hybridized carbons (Fsp3) is 0.267. The summed E-state index contributed by atoms with van der Waals surface area (Å²) in [6.07, 6.45) is 1.43. The fourth-order valence-electron chi connectivity index (χ4n) is 1.93. The normalized spacial score (nSPS) is 10.5. The van der Waals surface area contributed by atoms with Gasteiger partial charge in [-0.05, 0) is 31.0 Å². The van der Waals surface area contributed by atoms with Crippen LogP contribution in [0.1, 0.15) is 32.8 Å². The van der Waals surface area contributed by atoms with Crippen molar-refractivity contribution in [1.82, 2.24) is 5.32 Å². The molecule has 19 heavy (non-hydrogen) atoms. The van der Waals surface area contributed by atoms with Crippen LogP contribution in [0.15, 0.2) is 34.9 Å². The minimum absolute atomic E-state index is 0.150. The van der Waals surface area contributed by atoms with Crippen LogP contribution in [0.4, 0.5) is 0 Å². The van der Waals surface area contributed by atoms with Gasteiger partial charge in [-0.15, -0.1) is 0 Å². The Kier molecular flexibility index (Phi) is 4.02. The molecule has 0 spiro atoms. The first-order chi connectivity index (χ1) is 9.10. The van der Waals surface area contributed by atoms with Crippen LogP contribution in [0, 0.1) is 13.8 Å². The van der Waals surface area contributed by atoms with Crippen molar-refractivity contribution in [3.8, 4) is 0 Å². The molecule has 4 heteroatoms. The zero-order valence-electron chi connectivity index (χ0n) is 11.2. The van der Waals surface area contributed by atoms with E-state index in [1.807, 2.05) is 19.1 Å². The van der Waals surface area contributed by atoms with Crippen molar-refractivity contribution in [3.63, 3.8) is 0 Å². The van der Waals surface area contributed by atoms with Crippen LogP contribution < -0.4 is 11.1 Å². The smallest absolute Gasteiger partial charge is 0.254 e. The topological polar surface area (TPSA) is 68.3 Å². The molecule has 3 N–H and O–H groups in total. The Hall–Kier alpha value is -2.07. The monoisotopic (exact) mass is 258 g/mol. The summed E-state index contributed by atoms with van der Waals surface area (Å²) in [6, 6.07) is 7.84. The molecule has 1 amide bonds. The zero-order chi connectivity index (χ0) is 13.8. The number of benzene rings is 1. The molecule has 0 radical (unpaired) electrons. The minimum Gasteiger partial charge on any atom is -0.467 e. The summed E-state index contributed by atoms with van der Waals surface area (Å²) < 4.78 is 5.14. The summed E-state index contributed by atoms with van der Waals surface area (Å²) in [6.45, 7) is 4.90. The molecule has 1 aromatic heterocycles. The van der Waals surface area contributed by atoms with Crippen LogP contribution >= 0.6 is 0 Å². The molecular weight excluding hydrogens is 240 g/mol. The maximum Gasteiger partial charge on any atom is 0.254 e. The summed E-state index contributed by atoms with van der Waals surface area (Å²) in [4.78, 5) is 11.9. The minimum atomic E-state index is -0.150. The molecule has 0 saturated heterocycles. The van der Waals surface area contributed by atoms with Gasteiger partial charge in [-0.25, -0.2) is 0 Å². The third-order valence-corrected chi connectivity index (χ3v) is 3.05. The number of carbonyl (C=O) groups excluding carboxylic acids is 1. The van der Waals surface area contributed by atoms with Gasteiger partial charge in [0.1, 0.15) is 12.0 Å². The molecule has 0 unspecified atom stereocenters. The van der Waals surface area contributed by atoms with E-state index in [1.54, 1.807) is 6.07 Å². The van der Waals surface area contributed by atoms with Crippen LogP contribution in [-0.2, 0) is 13.1 Å². The molecule has 0 aliphatic carbocycles. The Labute approximate surface area is 112 Å². The largest absolute Gasteiger partial charge is 0.467 e. The Morgan fingerprint density at radius 1 is 1.32 bits per heavy atom. The molecule has 0 aliphatic rings. The first-order valence-corrected chi connectivity index (χ1v) is 6.22. The molecule has 1 aromatic carbocycles. The van der Waals surface area contributed by atoms with Gasteiger partial charge in [0.15, 0.2) is 0 Å². The molecule has 0 saturated carbocycles. The van der Waals surface area contributed by atoms with Gasteiger partial charge in [0, 0.05) is 6.54 Å². The SMILES string of the molecule is Cc1ccc(CNC(=O)c2coc(CN)c2)c(C)c1. The molecule has 2 rings (SSSR count). The van der Waals surface area contributed by atoms with Gasteiger partial charge in [0.2, 0.25) is 0 Å². The van der Waals surface area contributed by atoms with Crippen molar-refractivity contribution in [1.29, 1.82) is 0 Å². The molecule has 1 heterocycles. The number of carbonyl (C=O) groups is 1. The number of nitrogens with one attached hydrogen (secondary N) is 1. The van der Waals surface area contributed by atoms with E-state index in [-0.39, 0.29) is 5.91 Å². The van der Waals surface area contributed by atoms with Crippen molar-refractivity contribution >= 4 is 5.91 Å². The van der Waals surface area contributed by atoms with Gasteiger partial charge in [-0.3, -0.25) is 4.79 Å². The van der Waals surface area contributed by atoms with E-state index in [1.165, 1.54) is 17.4 Å². The predicted octanol–water partition coefficient (Wildman–Crippen LogP) is 2.29. The highest BCUT2D eigenvalue weighted by atomic mass is 16.3. The van der Waals surface area contributed by atoms with E-state index in [0.29, 0.717) is 24.4 Å². The number of rotatable bonds is 4. The Bertz CT molecular complexity index is 588. The van der Waals surface area contributed by atoms with E-state index in [4.69, 9.17) is 10.2 Å². The Morgan fingerprint density at radius 3 is 2.74 bits per heavy atom. The second kappa shape index (κ2) is 5.71. The van der Waals surface area contributed by atoms with Crippen molar-refractivity contribution in [2.75, 3.05) is 0 Å². The molecule has 0 aliphatic heterocycles. The summed E-state index contributed by atoms with van der Waals surface area (Å²) in [5, 5.41) is 2.87. The molecule has 0 bridgehead atoms. The van der Waals surface area contributed by atoms with E-state index < -0.39 is 0 Å². The van der Waals surface area contributed by atoms with Crippen molar-refractivity contribution in [3.05, 3.63) is 58.5 Å². The van der Waals surface area contributed by atoms with E-state index in [2.05, 4.69) is 18.3 Å². The lowest BCUT2D eigenvalue weighted by Crippen LogP contribution is -2.22. The Balaban J connectivity index is 2.00. The number of hydrogen-bond donors (Lipinski definition) is 2. The molecule has 2 aromatic rings. The molecular formula is C15H18N2O2. The van der Waals surface area contributed by atoms with Gasteiger partial charge in [0.05, 0.1) is 12.1 Å². The lowest BCUT2D eigenvalue weighted by molar-refractivity contribution is 0.0950. The summed E-state index contributed by atoms with van der Waals surface area (Å²) in [5.41, 5.74) is 9.45. The van der Waals surface area contributed by atoms with Crippen molar-refractivity contribution in [2.24, 2.45) is 5.73 Å². The number of hydrogen-bond acceptors (Lipinski definition) is 3. The molecule has 100 valence electrons. The number of amides is 1. The average Bonchev–Trinajstić information content (AvgIpc) is 2.86. The maximum absolute atomic E-state index is 11.9. The molecule has 0 fully saturated rings. The maximum atomic E-state index is 11.9. The van der Waals surface area contributed by atoms with E-state index in [9.17, 15) is 4.79 Å². The Morgan fingerprint density at radius 2 is 2.11 bits per heavy atom. The van der Waals surface area contributed by atoms with Crippen LogP contribution in [0.3, 0.4) is 0 Å². The summed E-state index contributed by atoms with van der Waals surface area (Å²) in [7, 11) is 0. The van der Waals surface area contributed by atoms with Crippen molar-refractivity contribution in [2.45, 2.75) is 26.9 Å². The van der Waals surface area contributed by atoms with Gasteiger partial charge in [-0.1, -0.05) is 23.8 Å². The van der Waals surface area contributed by atoms with Crippen LogP contribution in [0.5, 0.6) is 0 Å². The predicted molar refractivity (Wildman–Crippen MR) is 73.7 cm³/mol. The highest BCUT2D eigenvalue weighted by molar-refractivity contribution is 5.93. The second-order valence-corrected chi connectivity index (χ2v) is 4.62. The first-order valence-electron chi connectivity index (χ1n) is 6.22. The highest BCUT2D eigenvalue weighted by Crippen LogP contribution is 2.11. The van der Waals surface area contributed by atoms with E-state index in [0.717, 1.165) is 5.56 Å².